The number of hydrogen-bond donors (Lipinski definition) is 1. The molecule has 2 rings (SSSR count). The van der Waals surface area contributed by atoms with E-state index in [0.717, 1.165) is 0 Å². The average molecular weight is 343 g/mol. The molecule has 5 nitrogen and oxygen atoms in total. The van der Waals surface area contributed by atoms with Crippen LogP contribution in [0.1, 0.15) is 11.4 Å². The van der Waals surface area contributed by atoms with E-state index in [2.05, 4.69) is 15.6 Å². The fourth-order valence-corrected chi connectivity index (χ4v) is 2.51. The summed E-state index contributed by atoms with van der Waals surface area (Å²) < 4.78 is 1.53. The SMILES string of the molecule is CSc1nnc(C)n1NC(=O)/C=C/c1ccc(Cl)cc1Cl. The van der Waals surface area contributed by atoms with Crippen molar-refractivity contribution in [3.8, 4) is 0 Å². The molecule has 0 aliphatic rings. The number of benzene rings is 1. The molecular weight excluding hydrogens is 331 g/mol. The van der Waals surface area contributed by atoms with Gasteiger partial charge in [-0.05, 0) is 37.0 Å². The van der Waals surface area contributed by atoms with Gasteiger partial charge >= 0.3 is 0 Å². The average Bonchev–Trinajstić information content (AvgIpc) is 2.78. The lowest BCUT2D eigenvalue weighted by Crippen LogP contribution is -2.22. The number of nitrogens with one attached hydrogen (secondary N) is 1. The van der Waals surface area contributed by atoms with Crippen LogP contribution in [0.2, 0.25) is 10.0 Å². The molecule has 0 aliphatic heterocycles. The molecule has 1 aromatic heterocycles. The number of nitrogens with zero attached hydrogens (tertiary/aromatic N) is 3. The first kappa shape index (κ1) is 15.9. The van der Waals surface area contributed by atoms with Gasteiger partial charge in [-0.1, -0.05) is 41.0 Å². The number of aryl methyl sites for hydroxylation is 1. The van der Waals surface area contributed by atoms with Gasteiger partial charge in [0.2, 0.25) is 5.16 Å². The molecule has 0 spiro atoms. The number of hydrogen-bond acceptors (Lipinski definition) is 4. The maximum absolute atomic E-state index is 11.9. The normalized spacial score (nSPS) is 11.0. The highest BCUT2D eigenvalue weighted by Crippen LogP contribution is 2.22. The Morgan fingerprint density at radius 3 is 2.81 bits per heavy atom. The Kier molecular flexibility index (Phi) is 5.27. The largest absolute Gasteiger partial charge is 0.268 e. The molecule has 0 fully saturated rings. The Morgan fingerprint density at radius 1 is 1.38 bits per heavy atom. The van der Waals surface area contributed by atoms with Gasteiger partial charge < -0.3 is 0 Å². The van der Waals surface area contributed by atoms with E-state index in [4.69, 9.17) is 23.2 Å². The zero-order valence-electron chi connectivity index (χ0n) is 11.3. The Hall–Kier alpha value is -1.50. The van der Waals surface area contributed by atoms with Gasteiger partial charge in [-0.15, -0.1) is 10.2 Å². The van der Waals surface area contributed by atoms with E-state index in [9.17, 15) is 4.79 Å². The minimum absolute atomic E-state index is 0.306. The van der Waals surface area contributed by atoms with Crippen LogP contribution < -0.4 is 5.43 Å². The van der Waals surface area contributed by atoms with Crippen molar-refractivity contribution >= 4 is 46.9 Å². The molecule has 0 saturated carbocycles. The van der Waals surface area contributed by atoms with Crippen LogP contribution in [-0.4, -0.2) is 27.0 Å². The van der Waals surface area contributed by atoms with Crippen LogP contribution in [0.5, 0.6) is 0 Å². The Bertz CT molecular complexity index is 699. The fourth-order valence-electron chi connectivity index (χ4n) is 1.55. The van der Waals surface area contributed by atoms with Gasteiger partial charge in [-0.3, -0.25) is 10.2 Å². The first-order valence-corrected chi connectivity index (χ1v) is 7.89. The number of rotatable bonds is 4. The highest BCUT2D eigenvalue weighted by molar-refractivity contribution is 7.98. The van der Waals surface area contributed by atoms with E-state index in [1.807, 2.05) is 6.26 Å². The molecule has 0 radical (unpaired) electrons. The topological polar surface area (TPSA) is 59.8 Å². The zero-order valence-corrected chi connectivity index (χ0v) is 13.6. The fraction of sp³-hybridized carbons (Fsp3) is 0.154. The van der Waals surface area contributed by atoms with Crippen molar-refractivity contribution in [2.45, 2.75) is 12.1 Å². The number of aromatic nitrogens is 3. The van der Waals surface area contributed by atoms with Crippen LogP contribution in [0.3, 0.4) is 0 Å². The number of carbonyl (C=O) groups excluding carboxylic acids is 1. The van der Waals surface area contributed by atoms with Crippen LogP contribution in [0.25, 0.3) is 6.08 Å². The number of halogens is 2. The third kappa shape index (κ3) is 4.00. The van der Waals surface area contributed by atoms with Gasteiger partial charge in [0.05, 0.1) is 0 Å². The first-order valence-electron chi connectivity index (χ1n) is 5.91. The summed E-state index contributed by atoms with van der Waals surface area (Å²) in [7, 11) is 0. The summed E-state index contributed by atoms with van der Waals surface area (Å²) in [4.78, 5) is 11.9. The maximum Gasteiger partial charge on any atom is 0.262 e. The molecule has 1 heterocycles. The second kappa shape index (κ2) is 6.98. The summed E-state index contributed by atoms with van der Waals surface area (Å²) in [5.74, 6) is 0.296. The molecule has 0 unspecified atom stereocenters. The van der Waals surface area contributed by atoms with E-state index < -0.39 is 0 Å². The molecule has 8 heteroatoms. The molecule has 21 heavy (non-hydrogen) atoms. The van der Waals surface area contributed by atoms with Crippen molar-refractivity contribution in [3.63, 3.8) is 0 Å². The quantitative estimate of drug-likeness (QED) is 0.683. The van der Waals surface area contributed by atoms with Gasteiger partial charge in [0.25, 0.3) is 5.91 Å². The molecule has 1 aromatic carbocycles. The van der Waals surface area contributed by atoms with E-state index >= 15 is 0 Å². The summed E-state index contributed by atoms with van der Waals surface area (Å²) in [5.41, 5.74) is 3.40. The van der Waals surface area contributed by atoms with Crippen LogP contribution in [0, 0.1) is 6.92 Å². The number of thioether (sulfide) groups is 1. The van der Waals surface area contributed by atoms with E-state index in [1.165, 1.54) is 22.5 Å². The minimum atomic E-state index is -0.306. The van der Waals surface area contributed by atoms with Gasteiger partial charge in [0.1, 0.15) is 5.82 Å². The van der Waals surface area contributed by atoms with Crippen molar-refractivity contribution in [1.82, 2.24) is 14.9 Å². The van der Waals surface area contributed by atoms with Crippen LogP contribution in [0.15, 0.2) is 29.4 Å². The van der Waals surface area contributed by atoms with Crippen molar-refractivity contribution in [1.29, 1.82) is 0 Å². The summed E-state index contributed by atoms with van der Waals surface area (Å²) >= 11 is 13.2. The van der Waals surface area contributed by atoms with Crippen LogP contribution >= 0.6 is 35.0 Å². The Labute approximate surface area is 136 Å². The highest BCUT2D eigenvalue weighted by Gasteiger charge is 2.09. The summed E-state index contributed by atoms with van der Waals surface area (Å²) in [5, 5.41) is 9.47. The summed E-state index contributed by atoms with van der Waals surface area (Å²) in [6.45, 7) is 1.76. The van der Waals surface area contributed by atoms with Crippen molar-refractivity contribution < 1.29 is 4.79 Å². The second-order valence-corrected chi connectivity index (χ2v) is 5.66. The molecule has 2 aromatic rings. The highest BCUT2D eigenvalue weighted by atomic mass is 35.5. The third-order valence-corrected chi connectivity index (χ3v) is 3.77. The zero-order chi connectivity index (χ0) is 15.4. The molecular formula is C13H12Cl2N4OS. The second-order valence-electron chi connectivity index (χ2n) is 4.04. The smallest absolute Gasteiger partial charge is 0.262 e. The van der Waals surface area contributed by atoms with E-state index in [0.29, 0.717) is 26.6 Å². The molecule has 1 amide bonds. The summed E-state index contributed by atoms with van der Waals surface area (Å²) in [6, 6.07) is 5.07. The number of carbonyl (C=O) groups is 1. The lowest BCUT2D eigenvalue weighted by atomic mass is 10.2. The maximum atomic E-state index is 11.9. The monoisotopic (exact) mass is 342 g/mol. The van der Waals surface area contributed by atoms with Gasteiger partial charge in [0, 0.05) is 16.1 Å². The van der Waals surface area contributed by atoms with E-state index in [1.54, 1.807) is 31.2 Å². The van der Waals surface area contributed by atoms with Crippen molar-refractivity contribution in [2.24, 2.45) is 0 Å². The van der Waals surface area contributed by atoms with Gasteiger partial charge in [-0.25, -0.2) is 4.68 Å². The number of amides is 1. The van der Waals surface area contributed by atoms with Crippen molar-refractivity contribution in [3.05, 3.63) is 45.7 Å². The lowest BCUT2D eigenvalue weighted by Gasteiger charge is -2.06. The molecule has 0 atom stereocenters. The first-order chi connectivity index (χ1) is 10.0. The molecule has 0 bridgehead atoms. The van der Waals surface area contributed by atoms with Crippen LogP contribution in [0.4, 0.5) is 0 Å². The van der Waals surface area contributed by atoms with E-state index in [-0.39, 0.29) is 5.91 Å². The predicted octanol–water partition coefficient (Wildman–Crippen LogP) is 3.40. The molecule has 0 saturated heterocycles. The molecule has 110 valence electrons. The summed E-state index contributed by atoms with van der Waals surface area (Å²) in [6.07, 6.45) is 4.86. The standard InChI is InChI=1S/C13H12Cl2N4OS/c1-8-16-17-13(21-2)19(8)18-12(20)6-4-9-3-5-10(14)7-11(9)15/h3-7H,1-2H3,(H,18,20)/b6-4+. The van der Waals surface area contributed by atoms with Gasteiger partial charge in [-0.2, -0.15) is 0 Å². The third-order valence-electron chi connectivity index (χ3n) is 2.58. The van der Waals surface area contributed by atoms with Crippen molar-refractivity contribution in [2.75, 3.05) is 11.7 Å². The van der Waals surface area contributed by atoms with Crippen LogP contribution in [-0.2, 0) is 4.79 Å². The predicted molar refractivity (Wildman–Crippen MR) is 86.4 cm³/mol. The minimum Gasteiger partial charge on any atom is -0.268 e. The Morgan fingerprint density at radius 2 is 2.14 bits per heavy atom. The van der Waals surface area contributed by atoms with Gasteiger partial charge in [0.15, 0.2) is 0 Å². The lowest BCUT2D eigenvalue weighted by molar-refractivity contribution is -0.112. The molecule has 0 aliphatic carbocycles. The Balaban J connectivity index is 2.11. The molecule has 1 N–H and O–H groups in total.